The van der Waals surface area contributed by atoms with Gasteiger partial charge < -0.3 is 4.98 Å². The number of nitrogens with one attached hydrogen (secondary N) is 1. The van der Waals surface area contributed by atoms with Gasteiger partial charge in [-0.3, -0.25) is 4.79 Å². The quantitative estimate of drug-likeness (QED) is 0.235. The summed E-state index contributed by atoms with van der Waals surface area (Å²) in [6, 6.07) is 29.3. The fraction of sp³-hybridized carbons (Fsp3) is 0.0667. The van der Waals surface area contributed by atoms with Crippen molar-refractivity contribution in [1.29, 1.82) is 5.26 Å². The zero-order valence-corrected chi connectivity index (χ0v) is 21.3. The molecular formula is C30H21BrN4O. The van der Waals surface area contributed by atoms with Crippen LogP contribution < -0.4 is 5.56 Å². The molecule has 4 aromatic carbocycles. The predicted octanol–water partition coefficient (Wildman–Crippen LogP) is 8.53. The van der Waals surface area contributed by atoms with Gasteiger partial charge >= 0.3 is 0 Å². The van der Waals surface area contributed by atoms with Crippen LogP contribution in [0, 0.1) is 25.2 Å². The molecule has 0 spiro atoms. The number of aromatic amines is 1. The third-order valence-electron chi connectivity index (χ3n) is 6.12. The Labute approximate surface area is 216 Å². The Morgan fingerprint density at radius 3 is 2.00 bits per heavy atom. The van der Waals surface area contributed by atoms with Gasteiger partial charge in [0.25, 0.3) is 5.56 Å². The van der Waals surface area contributed by atoms with Gasteiger partial charge in [-0.1, -0.05) is 82.7 Å². The van der Waals surface area contributed by atoms with Gasteiger partial charge in [0, 0.05) is 21.0 Å². The van der Waals surface area contributed by atoms with Crippen LogP contribution in [0.5, 0.6) is 0 Å². The number of benzene rings is 4. The number of H-pyrrole nitrogens is 1. The van der Waals surface area contributed by atoms with Crippen molar-refractivity contribution >= 4 is 38.2 Å². The fourth-order valence-corrected chi connectivity index (χ4v) is 5.17. The van der Waals surface area contributed by atoms with E-state index in [0.717, 1.165) is 38.0 Å². The minimum atomic E-state index is -0.432. The van der Waals surface area contributed by atoms with E-state index in [2.05, 4.69) is 27.0 Å². The van der Waals surface area contributed by atoms with Crippen LogP contribution in [-0.2, 0) is 0 Å². The van der Waals surface area contributed by atoms with Crippen molar-refractivity contribution in [2.75, 3.05) is 0 Å². The zero-order valence-electron chi connectivity index (χ0n) is 19.7. The number of aryl methyl sites for hydroxylation is 2. The Morgan fingerprint density at radius 2 is 1.39 bits per heavy atom. The smallest absolute Gasteiger partial charge is 0.266 e. The molecule has 0 amide bonds. The largest absolute Gasteiger partial charge is 0.321 e. The number of fused-ring (bicyclic) bond motifs is 1. The second kappa shape index (κ2) is 9.73. The summed E-state index contributed by atoms with van der Waals surface area (Å²) < 4.78 is 0.981. The topological polar surface area (TPSA) is 81.4 Å². The first kappa shape index (κ1) is 23.4. The van der Waals surface area contributed by atoms with Crippen molar-refractivity contribution < 1.29 is 0 Å². The van der Waals surface area contributed by atoms with Gasteiger partial charge in [0.05, 0.1) is 11.2 Å². The molecule has 0 atom stereocenters. The Morgan fingerprint density at radius 1 is 0.806 bits per heavy atom. The van der Waals surface area contributed by atoms with Crippen LogP contribution in [0.25, 0.3) is 33.2 Å². The van der Waals surface area contributed by atoms with Crippen LogP contribution in [0.3, 0.4) is 0 Å². The number of nitriles is 1. The van der Waals surface area contributed by atoms with Gasteiger partial charge in [0.1, 0.15) is 17.3 Å². The zero-order chi connectivity index (χ0) is 25.2. The van der Waals surface area contributed by atoms with Crippen molar-refractivity contribution in [3.8, 4) is 28.3 Å². The number of pyridine rings is 1. The number of nitrogens with zero attached hydrogens (tertiary/aromatic N) is 3. The Bertz CT molecular complexity index is 1710. The lowest BCUT2D eigenvalue weighted by atomic mass is 9.92. The van der Waals surface area contributed by atoms with Crippen molar-refractivity contribution in [1.82, 2.24) is 4.98 Å². The molecule has 5 nitrogen and oxygen atoms in total. The number of azo groups is 1. The molecule has 0 bridgehead atoms. The molecule has 5 aromatic rings. The van der Waals surface area contributed by atoms with Crippen molar-refractivity contribution in [3.05, 3.63) is 116 Å². The monoisotopic (exact) mass is 532 g/mol. The Balaban J connectivity index is 1.91. The maximum atomic E-state index is 12.9. The van der Waals surface area contributed by atoms with Gasteiger partial charge in [-0.05, 0) is 54.3 Å². The number of rotatable bonds is 4. The highest BCUT2D eigenvalue weighted by Crippen LogP contribution is 2.43. The van der Waals surface area contributed by atoms with E-state index in [-0.39, 0.29) is 5.56 Å². The van der Waals surface area contributed by atoms with E-state index in [1.165, 1.54) is 0 Å². The van der Waals surface area contributed by atoms with E-state index in [0.29, 0.717) is 22.2 Å². The molecule has 5 rings (SSSR count). The lowest BCUT2D eigenvalue weighted by molar-refractivity contribution is 1.19. The van der Waals surface area contributed by atoms with E-state index >= 15 is 0 Å². The summed E-state index contributed by atoms with van der Waals surface area (Å²) in [6.45, 7) is 3.99. The van der Waals surface area contributed by atoms with Crippen LogP contribution in [-0.4, -0.2) is 4.98 Å². The number of halogens is 1. The first-order valence-electron chi connectivity index (χ1n) is 11.4. The van der Waals surface area contributed by atoms with Gasteiger partial charge in [0.15, 0.2) is 0 Å². The van der Waals surface area contributed by atoms with Crippen LogP contribution in [0.15, 0.2) is 104 Å². The molecule has 6 heteroatoms. The third-order valence-corrected chi connectivity index (χ3v) is 6.58. The van der Waals surface area contributed by atoms with Crippen LogP contribution in [0.1, 0.15) is 16.7 Å². The third kappa shape index (κ3) is 4.26. The lowest BCUT2D eigenvalue weighted by Gasteiger charge is -2.15. The highest BCUT2D eigenvalue weighted by atomic mass is 79.9. The maximum Gasteiger partial charge on any atom is 0.266 e. The van der Waals surface area contributed by atoms with Gasteiger partial charge in [-0.25, -0.2) is 0 Å². The lowest BCUT2D eigenvalue weighted by Crippen LogP contribution is -2.12. The van der Waals surface area contributed by atoms with Gasteiger partial charge in [-0.15, -0.1) is 10.2 Å². The molecule has 36 heavy (non-hydrogen) atoms. The van der Waals surface area contributed by atoms with Crippen LogP contribution >= 0.6 is 15.9 Å². The summed E-state index contributed by atoms with van der Waals surface area (Å²) in [7, 11) is 0. The first-order chi connectivity index (χ1) is 17.5. The maximum absolute atomic E-state index is 12.9. The van der Waals surface area contributed by atoms with Gasteiger partial charge in [-0.2, -0.15) is 5.26 Å². The average Bonchev–Trinajstić information content (AvgIpc) is 2.88. The predicted molar refractivity (Wildman–Crippen MR) is 148 cm³/mol. The summed E-state index contributed by atoms with van der Waals surface area (Å²) in [5.41, 5.74) is 6.68. The molecule has 1 N–H and O–H groups in total. The summed E-state index contributed by atoms with van der Waals surface area (Å²) in [5, 5.41) is 20.1. The summed E-state index contributed by atoms with van der Waals surface area (Å²) in [5.74, 6) is 0. The van der Waals surface area contributed by atoms with E-state index in [1.54, 1.807) is 0 Å². The molecule has 0 aliphatic rings. The average molecular weight is 533 g/mol. The summed E-state index contributed by atoms with van der Waals surface area (Å²) in [6.07, 6.45) is 0. The number of hydrogen-bond acceptors (Lipinski definition) is 4. The highest BCUT2D eigenvalue weighted by Gasteiger charge is 2.20. The minimum Gasteiger partial charge on any atom is -0.321 e. The summed E-state index contributed by atoms with van der Waals surface area (Å²) >= 11 is 3.54. The normalized spacial score (nSPS) is 11.2. The van der Waals surface area contributed by atoms with Crippen molar-refractivity contribution in [3.63, 3.8) is 0 Å². The second-order valence-corrected chi connectivity index (χ2v) is 9.44. The second-order valence-electron chi connectivity index (χ2n) is 8.52. The molecule has 0 radical (unpaired) electrons. The van der Waals surface area contributed by atoms with Crippen LogP contribution in [0.2, 0.25) is 0 Å². The molecule has 174 valence electrons. The first-order valence-corrected chi connectivity index (χ1v) is 12.2. The fourth-order valence-electron chi connectivity index (χ4n) is 4.49. The standard InChI is InChI=1S/C30H21BrN4O/c1-18-15-22(31)16-19(2)28(18)34-35-29-23(20-9-5-3-6-10-20)13-14-25-27(29)26(21-11-7-4-8-12-21)24(17-32)30(36)33-25/h3-16H,1-2H3,(H,33,36). The molecular weight excluding hydrogens is 512 g/mol. The van der Waals surface area contributed by atoms with Crippen molar-refractivity contribution in [2.45, 2.75) is 13.8 Å². The molecule has 1 heterocycles. The Kier molecular flexibility index (Phi) is 6.32. The van der Waals surface area contributed by atoms with E-state index in [1.807, 2.05) is 98.8 Å². The van der Waals surface area contributed by atoms with E-state index in [9.17, 15) is 10.1 Å². The molecule has 0 aliphatic heterocycles. The molecule has 0 unspecified atom stereocenters. The Hall–Kier alpha value is -4.34. The van der Waals surface area contributed by atoms with Crippen molar-refractivity contribution in [2.24, 2.45) is 10.2 Å². The SMILES string of the molecule is Cc1cc(Br)cc(C)c1N=Nc1c(-c2ccccc2)ccc2[nH]c(=O)c(C#N)c(-c3ccccc3)c12. The highest BCUT2D eigenvalue weighted by molar-refractivity contribution is 9.10. The minimum absolute atomic E-state index is 0.0476. The molecule has 0 saturated heterocycles. The van der Waals surface area contributed by atoms with Crippen LogP contribution in [0.4, 0.5) is 11.4 Å². The number of hydrogen-bond donors (Lipinski definition) is 1. The molecule has 0 fully saturated rings. The molecule has 1 aromatic heterocycles. The van der Waals surface area contributed by atoms with Gasteiger partial charge in [0.2, 0.25) is 0 Å². The van der Waals surface area contributed by atoms with E-state index in [4.69, 9.17) is 10.2 Å². The molecule has 0 aliphatic carbocycles. The van der Waals surface area contributed by atoms with E-state index < -0.39 is 5.56 Å². The number of aromatic nitrogens is 1. The molecule has 0 saturated carbocycles. The summed E-state index contributed by atoms with van der Waals surface area (Å²) in [4.78, 5) is 15.8.